The lowest BCUT2D eigenvalue weighted by Gasteiger charge is -2.16. The third-order valence-electron chi connectivity index (χ3n) is 5.00. The number of aromatic nitrogens is 3. The second-order valence-electron chi connectivity index (χ2n) is 7.18. The number of benzene rings is 1. The van der Waals surface area contributed by atoms with Crippen LogP contribution in [-0.4, -0.2) is 20.8 Å². The summed E-state index contributed by atoms with van der Waals surface area (Å²) in [5.74, 6) is -9.68. The molecule has 11 heteroatoms. The Morgan fingerprint density at radius 3 is 2.53 bits per heavy atom. The molecule has 0 aliphatic heterocycles. The van der Waals surface area contributed by atoms with E-state index >= 15 is 0 Å². The molecule has 3 aromatic rings. The molecule has 0 spiro atoms. The zero-order valence-electron chi connectivity index (χ0n) is 15.6. The topological polar surface area (TPSA) is 73.0 Å². The average molecular weight is 426 g/mol. The van der Waals surface area contributed by atoms with Crippen LogP contribution in [0.25, 0.3) is 0 Å². The van der Waals surface area contributed by atoms with Gasteiger partial charge in [0, 0.05) is 24.2 Å². The normalized spacial score (nSPS) is 15.9. The molecule has 1 N–H and O–H groups in total. The smallest absolute Gasteiger partial charge is 0.279 e. The van der Waals surface area contributed by atoms with E-state index in [0.29, 0.717) is 24.5 Å². The fourth-order valence-electron chi connectivity index (χ4n) is 3.40. The van der Waals surface area contributed by atoms with E-state index in [9.17, 15) is 26.7 Å². The van der Waals surface area contributed by atoms with Crippen molar-refractivity contribution in [3.05, 3.63) is 63.9 Å². The Balaban J connectivity index is 1.52. The number of nitrogens with one attached hydrogen (secondary N) is 1. The van der Waals surface area contributed by atoms with Crippen LogP contribution in [0.2, 0.25) is 0 Å². The van der Waals surface area contributed by atoms with Gasteiger partial charge in [-0.25, -0.2) is 22.0 Å². The molecule has 0 saturated carbocycles. The Hall–Kier alpha value is -3.24. The minimum Gasteiger partial charge on any atom is -0.360 e. The van der Waals surface area contributed by atoms with Gasteiger partial charge in [-0.05, 0) is 18.8 Å². The molecule has 2 aromatic heterocycles. The van der Waals surface area contributed by atoms with Crippen LogP contribution >= 0.6 is 0 Å². The Labute approximate surface area is 166 Å². The minimum atomic E-state index is -2.23. The maximum Gasteiger partial charge on any atom is 0.279 e. The molecular weight excluding hydrogens is 411 g/mol. The first-order valence-electron chi connectivity index (χ1n) is 9.08. The number of anilines is 1. The molecule has 0 bridgehead atoms. The van der Waals surface area contributed by atoms with Gasteiger partial charge in [-0.3, -0.25) is 9.48 Å². The third kappa shape index (κ3) is 3.44. The quantitative estimate of drug-likeness (QED) is 0.389. The number of halogens is 5. The molecule has 2 heterocycles. The van der Waals surface area contributed by atoms with Crippen LogP contribution in [0.3, 0.4) is 0 Å². The van der Waals surface area contributed by atoms with E-state index in [1.54, 1.807) is 0 Å². The molecule has 30 heavy (non-hydrogen) atoms. The summed E-state index contributed by atoms with van der Waals surface area (Å²) < 4.78 is 73.7. The number of rotatable bonds is 4. The van der Waals surface area contributed by atoms with E-state index < -0.39 is 47.1 Å². The molecule has 1 unspecified atom stereocenters. The van der Waals surface area contributed by atoms with Gasteiger partial charge in [0.15, 0.2) is 34.8 Å². The van der Waals surface area contributed by atoms with Gasteiger partial charge in [0.05, 0.1) is 12.1 Å². The van der Waals surface area contributed by atoms with Gasteiger partial charge < -0.3 is 9.84 Å². The number of carbonyl (C=O) groups is 1. The number of fused-ring (bicyclic) bond motifs is 1. The maximum atomic E-state index is 13.8. The van der Waals surface area contributed by atoms with Gasteiger partial charge in [0.2, 0.25) is 5.82 Å². The average Bonchev–Trinajstić information content (AvgIpc) is 3.34. The van der Waals surface area contributed by atoms with E-state index in [1.165, 1.54) is 12.3 Å². The van der Waals surface area contributed by atoms with Crippen molar-refractivity contribution in [3.63, 3.8) is 0 Å². The summed E-state index contributed by atoms with van der Waals surface area (Å²) in [6, 6.07) is 1.32. The summed E-state index contributed by atoms with van der Waals surface area (Å²) in [6.07, 6.45) is 3.50. The lowest BCUT2D eigenvalue weighted by Crippen LogP contribution is -2.18. The van der Waals surface area contributed by atoms with Gasteiger partial charge in [-0.2, -0.15) is 5.10 Å². The van der Waals surface area contributed by atoms with Crippen molar-refractivity contribution < 1.29 is 31.3 Å². The maximum absolute atomic E-state index is 13.8. The van der Waals surface area contributed by atoms with Crippen molar-refractivity contribution in [1.82, 2.24) is 14.9 Å². The van der Waals surface area contributed by atoms with Gasteiger partial charge in [0.1, 0.15) is 5.76 Å². The fraction of sp³-hybridized carbons (Fsp3) is 0.316. The van der Waals surface area contributed by atoms with Crippen LogP contribution < -0.4 is 5.32 Å². The van der Waals surface area contributed by atoms with Gasteiger partial charge in [-0.1, -0.05) is 12.1 Å². The van der Waals surface area contributed by atoms with E-state index in [1.807, 2.05) is 0 Å². The van der Waals surface area contributed by atoms with Crippen molar-refractivity contribution in [2.45, 2.75) is 32.7 Å². The predicted molar refractivity (Wildman–Crippen MR) is 93.2 cm³/mol. The van der Waals surface area contributed by atoms with Gasteiger partial charge in [-0.15, -0.1) is 0 Å². The molecule has 0 fully saturated rings. The number of carbonyl (C=O) groups excluding carboxylic acids is 1. The molecule has 4 rings (SSSR count). The summed E-state index contributed by atoms with van der Waals surface area (Å²) in [5.41, 5.74) is -0.176. The lowest BCUT2D eigenvalue weighted by atomic mass is 9.88. The summed E-state index contributed by atoms with van der Waals surface area (Å²) >= 11 is 0. The Morgan fingerprint density at radius 2 is 1.83 bits per heavy atom. The minimum absolute atomic E-state index is 0.0180. The van der Waals surface area contributed by atoms with E-state index in [-0.39, 0.29) is 11.5 Å². The van der Waals surface area contributed by atoms with Crippen LogP contribution in [-0.2, 0) is 19.4 Å². The summed E-state index contributed by atoms with van der Waals surface area (Å²) in [4.78, 5) is 12.5. The summed E-state index contributed by atoms with van der Waals surface area (Å²) in [7, 11) is 0. The van der Waals surface area contributed by atoms with Crippen LogP contribution in [0.5, 0.6) is 0 Å². The van der Waals surface area contributed by atoms with Crippen molar-refractivity contribution in [1.29, 1.82) is 0 Å². The van der Waals surface area contributed by atoms with Crippen molar-refractivity contribution in [2.24, 2.45) is 5.92 Å². The molecule has 0 saturated heterocycles. The summed E-state index contributed by atoms with van der Waals surface area (Å²) in [5, 5.41) is 10.2. The first-order valence-corrected chi connectivity index (χ1v) is 9.08. The number of nitrogens with zero attached hydrogens (tertiary/aromatic N) is 3. The number of aryl methyl sites for hydroxylation is 1. The first-order chi connectivity index (χ1) is 14.3. The Bertz CT molecular complexity index is 1110. The van der Waals surface area contributed by atoms with Gasteiger partial charge in [0.25, 0.3) is 5.91 Å². The predicted octanol–water partition coefficient (Wildman–Crippen LogP) is 3.99. The zero-order valence-corrected chi connectivity index (χ0v) is 15.6. The van der Waals surface area contributed by atoms with Crippen molar-refractivity contribution in [2.75, 3.05) is 5.32 Å². The molecule has 6 nitrogen and oxygen atoms in total. The van der Waals surface area contributed by atoms with Crippen molar-refractivity contribution in [3.8, 4) is 0 Å². The highest BCUT2D eigenvalue weighted by atomic mass is 19.2. The van der Waals surface area contributed by atoms with E-state index in [0.717, 1.165) is 16.7 Å². The van der Waals surface area contributed by atoms with Crippen LogP contribution in [0, 0.1) is 35.0 Å². The zero-order chi connectivity index (χ0) is 21.6. The lowest BCUT2D eigenvalue weighted by molar-refractivity contribution is 0.101. The molecule has 1 aliphatic rings. The number of hydrogen-bond acceptors (Lipinski definition) is 4. The highest BCUT2D eigenvalue weighted by molar-refractivity contribution is 6.03. The molecule has 1 atom stereocenters. The van der Waals surface area contributed by atoms with Crippen LogP contribution in [0.15, 0.2) is 16.8 Å². The Kier molecular flexibility index (Phi) is 5.04. The third-order valence-corrected chi connectivity index (χ3v) is 5.00. The standard InChI is InChI=1S/C19H15F5N4O2/c1-8-2-3-11-9(6-8)18(27-30-11)19(29)25-12-4-5-28(26-12)7-10-13(20)15(22)17(24)16(23)14(10)21/h4-5,8H,2-3,6-7H2,1H3,(H,25,26,29). The summed E-state index contributed by atoms with van der Waals surface area (Å²) in [6.45, 7) is 1.33. The second kappa shape index (κ2) is 7.54. The fourth-order valence-corrected chi connectivity index (χ4v) is 3.40. The number of hydrogen-bond donors (Lipinski definition) is 1. The van der Waals surface area contributed by atoms with Crippen molar-refractivity contribution >= 4 is 11.7 Å². The molecule has 1 amide bonds. The highest BCUT2D eigenvalue weighted by Gasteiger charge is 2.28. The Morgan fingerprint density at radius 1 is 1.17 bits per heavy atom. The van der Waals surface area contributed by atoms with Gasteiger partial charge >= 0.3 is 0 Å². The molecule has 158 valence electrons. The first kappa shape index (κ1) is 20.0. The van der Waals surface area contributed by atoms with Crippen LogP contribution in [0.1, 0.15) is 40.7 Å². The SMILES string of the molecule is CC1CCc2onc(C(=O)Nc3ccn(Cc4c(F)c(F)c(F)c(F)c4F)n3)c2C1. The van der Waals surface area contributed by atoms with E-state index in [2.05, 4.69) is 22.5 Å². The molecule has 1 aromatic carbocycles. The van der Waals surface area contributed by atoms with Crippen LogP contribution in [0.4, 0.5) is 27.8 Å². The molecular formula is C19H15F5N4O2. The largest absolute Gasteiger partial charge is 0.360 e. The second-order valence-corrected chi connectivity index (χ2v) is 7.18. The number of amides is 1. The molecule has 0 radical (unpaired) electrons. The highest BCUT2D eigenvalue weighted by Crippen LogP contribution is 2.28. The molecule has 1 aliphatic carbocycles. The van der Waals surface area contributed by atoms with E-state index in [4.69, 9.17) is 4.52 Å². The monoisotopic (exact) mass is 426 g/mol.